The van der Waals surface area contributed by atoms with E-state index in [4.69, 9.17) is 9.47 Å². The predicted octanol–water partition coefficient (Wildman–Crippen LogP) is 2.27. The first-order chi connectivity index (χ1) is 10.4. The van der Waals surface area contributed by atoms with Crippen molar-refractivity contribution < 1.29 is 29.6 Å². The Morgan fingerprint density at radius 2 is 1.77 bits per heavy atom. The van der Waals surface area contributed by atoms with Crippen LogP contribution in [0.2, 0.25) is 0 Å². The average molecular weight is 302 g/mol. The van der Waals surface area contributed by atoms with Gasteiger partial charge >= 0.3 is 0 Å². The molecule has 22 heavy (non-hydrogen) atoms. The first kappa shape index (κ1) is 14.2. The molecular weight excluding hydrogens is 288 g/mol. The molecule has 0 radical (unpaired) electrons. The van der Waals surface area contributed by atoms with Gasteiger partial charge in [-0.1, -0.05) is 0 Å². The molecule has 0 unspecified atom stereocenters. The molecule has 1 aliphatic heterocycles. The normalized spacial score (nSPS) is 20.3. The van der Waals surface area contributed by atoms with Crippen LogP contribution in [0.5, 0.6) is 23.0 Å². The highest BCUT2D eigenvalue weighted by molar-refractivity contribution is 6.03. The molecule has 1 atom stereocenters. The number of phenols is 3. The van der Waals surface area contributed by atoms with Gasteiger partial charge in [0, 0.05) is 24.8 Å². The Balaban J connectivity index is 2.12. The summed E-state index contributed by atoms with van der Waals surface area (Å²) >= 11 is 0. The lowest BCUT2D eigenvalue weighted by atomic mass is 9.92. The molecule has 0 fully saturated rings. The summed E-state index contributed by atoms with van der Waals surface area (Å²) in [4.78, 5) is 12.4. The highest BCUT2D eigenvalue weighted by Gasteiger charge is 2.44. The van der Waals surface area contributed by atoms with Gasteiger partial charge in [-0.2, -0.15) is 0 Å². The second-order valence-corrected chi connectivity index (χ2v) is 5.04. The molecule has 0 saturated carbocycles. The first-order valence-electron chi connectivity index (χ1n) is 6.58. The van der Waals surface area contributed by atoms with Gasteiger partial charge in [0.2, 0.25) is 5.79 Å². The molecule has 6 heteroatoms. The number of aromatic hydroxyl groups is 3. The van der Waals surface area contributed by atoms with Gasteiger partial charge in [-0.25, -0.2) is 0 Å². The molecule has 0 saturated heterocycles. The van der Waals surface area contributed by atoms with E-state index in [1.807, 2.05) is 0 Å². The minimum absolute atomic E-state index is 0.0178. The fourth-order valence-electron chi connectivity index (χ4n) is 2.57. The Morgan fingerprint density at radius 3 is 2.41 bits per heavy atom. The van der Waals surface area contributed by atoms with Crippen molar-refractivity contribution in [2.24, 2.45) is 0 Å². The standard InChI is InChI=1S/C16H14O6/c1-21-16(9-2-4-10(17)5-3-9)8-13(20)15-12(19)6-11(18)7-14(15)22-16/h2-7,17-19H,8H2,1H3/t16-/m0/s1. The Morgan fingerprint density at radius 1 is 1.09 bits per heavy atom. The number of methoxy groups -OCH3 is 1. The van der Waals surface area contributed by atoms with Crippen molar-refractivity contribution in [1.29, 1.82) is 0 Å². The summed E-state index contributed by atoms with van der Waals surface area (Å²) in [6, 6.07) is 8.42. The maximum absolute atomic E-state index is 12.4. The summed E-state index contributed by atoms with van der Waals surface area (Å²) in [5.74, 6) is -2.18. The maximum atomic E-state index is 12.4. The highest BCUT2D eigenvalue weighted by Crippen LogP contribution is 2.45. The van der Waals surface area contributed by atoms with Crippen LogP contribution in [0.3, 0.4) is 0 Å². The lowest BCUT2D eigenvalue weighted by molar-refractivity contribution is -0.173. The number of carbonyl (C=O) groups is 1. The molecule has 6 nitrogen and oxygen atoms in total. The van der Waals surface area contributed by atoms with Gasteiger partial charge in [-0.3, -0.25) is 4.79 Å². The molecule has 2 aromatic carbocycles. The van der Waals surface area contributed by atoms with Crippen LogP contribution < -0.4 is 4.74 Å². The molecule has 3 rings (SSSR count). The molecule has 1 heterocycles. The Bertz CT molecular complexity index is 737. The van der Waals surface area contributed by atoms with Gasteiger partial charge in [0.15, 0.2) is 5.78 Å². The van der Waals surface area contributed by atoms with Crippen LogP contribution in [0.1, 0.15) is 22.3 Å². The number of fused-ring (bicyclic) bond motifs is 1. The fraction of sp³-hybridized carbons (Fsp3) is 0.188. The van der Waals surface area contributed by atoms with Gasteiger partial charge in [-0.05, 0) is 24.3 Å². The molecular formula is C16H14O6. The molecule has 0 aliphatic carbocycles. The van der Waals surface area contributed by atoms with E-state index in [1.54, 1.807) is 12.1 Å². The van der Waals surface area contributed by atoms with Crippen molar-refractivity contribution in [2.45, 2.75) is 12.2 Å². The zero-order chi connectivity index (χ0) is 15.9. The molecule has 0 bridgehead atoms. The third kappa shape index (κ3) is 2.14. The lowest BCUT2D eigenvalue weighted by Gasteiger charge is -2.36. The number of ether oxygens (including phenoxy) is 2. The van der Waals surface area contributed by atoms with Gasteiger partial charge in [0.05, 0.1) is 6.42 Å². The topological polar surface area (TPSA) is 96.2 Å². The van der Waals surface area contributed by atoms with Crippen LogP contribution in [0.4, 0.5) is 0 Å². The van der Waals surface area contributed by atoms with Crippen molar-refractivity contribution in [3.8, 4) is 23.0 Å². The van der Waals surface area contributed by atoms with Crippen molar-refractivity contribution in [3.63, 3.8) is 0 Å². The largest absolute Gasteiger partial charge is 0.508 e. The van der Waals surface area contributed by atoms with Crippen molar-refractivity contribution in [3.05, 3.63) is 47.5 Å². The molecule has 0 aromatic heterocycles. The minimum Gasteiger partial charge on any atom is -0.508 e. The zero-order valence-corrected chi connectivity index (χ0v) is 11.7. The Hall–Kier alpha value is -2.73. The molecule has 114 valence electrons. The zero-order valence-electron chi connectivity index (χ0n) is 11.7. The average Bonchev–Trinajstić information content (AvgIpc) is 2.46. The Labute approximate surface area is 126 Å². The summed E-state index contributed by atoms with van der Waals surface area (Å²) in [5, 5.41) is 28.8. The maximum Gasteiger partial charge on any atom is 0.244 e. The molecule has 1 aliphatic rings. The van der Waals surface area contributed by atoms with Crippen LogP contribution in [0.15, 0.2) is 36.4 Å². The van der Waals surface area contributed by atoms with Gasteiger partial charge < -0.3 is 24.8 Å². The van der Waals surface area contributed by atoms with E-state index < -0.39 is 5.79 Å². The SMILES string of the molecule is CO[C@@]1(c2ccc(O)cc2)CC(=O)c2c(O)cc(O)cc2O1. The number of Topliss-reactive ketones (excluding diaryl/α,β-unsaturated/α-hetero) is 1. The number of benzene rings is 2. The van der Waals surface area contributed by atoms with Gasteiger partial charge in [-0.15, -0.1) is 0 Å². The molecule has 3 N–H and O–H groups in total. The van der Waals surface area contributed by atoms with Crippen LogP contribution in [0, 0.1) is 0 Å². The Kier molecular flexibility index (Phi) is 3.18. The summed E-state index contributed by atoms with van der Waals surface area (Å²) < 4.78 is 11.2. The molecule has 0 spiro atoms. The van der Waals surface area contributed by atoms with Crippen LogP contribution in [-0.4, -0.2) is 28.2 Å². The summed E-state index contributed by atoms with van der Waals surface area (Å²) in [6.45, 7) is 0. The van der Waals surface area contributed by atoms with E-state index in [9.17, 15) is 20.1 Å². The van der Waals surface area contributed by atoms with Crippen molar-refractivity contribution >= 4 is 5.78 Å². The molecule has 2 aromatic rings. The minimum atomic E-state index is -1.38. The van der Waals surface area contributed by atoms with E-state index >= 15 is 0 Å². The van der Waals surface area contributed by atoms with Gasteiger partial charge in [0.25, 0.3) is 0 Å². The third-order valence-corrected chi connectivity index (χ3v) is 3.65. The number of rotatable bonds is 2. The molecule has 0 amide bonds. The monoisotopic (exact) mass is 302 g/mol. The first-order valence-corrected chi connectivity index (χ1v) is 6.58. The smallest absolute Gasteiger partial charge is 0.244 e. The summed E-state index contributed by atoms with van der Waals surface area (Å²) in [5.41, 5.74) is 0.555. The predicted molar refractivity (Wildman–Crippen MR) is 76.1 cm³/mol. The van der Waals surface area contributed by atoms with E-state index in [0.717, 1.165) is 6.07 Å². The number of hydrogen-bond acceptors (Lipinski definition) is 6. The number of ketones is 1. The second kappa shape index (κ2) is 4.92. The van der Waals surface area contributed by atoms with Gasteiger partial charge in [0.1, 0.15) is 28.6 Å². The number of carbonyl (C=O) groups excluding carboxylic acids is 1. The van der Waals surface area contributed by atoms with E-state index in [2.05, 4.69) is 0 Å². The van der Waals surface area contributed by atoms with E-state index in [0.29, 0.717) is 5.56 Å². The van der Waals surface area contributed by atoms with Crippen LogP contribution in [0.25, 0.3) is 0 Å². The van der Waals surface area contributed by atoms with E-state index in [-0.39, 0.29) is 40.8 Å². The number of hydrogen-bond donors (Lipinski definition) is 3. The second-order valence-electron chi connectivity index (χ2n) is 5.04. The van der Waals surface area contributed by atoms with E-state index in [1.165, 1.54) is 25.3 Å². The highest BCUT2D eigenvalue weighted by atomic mass is 16.7. The third-order valence-electron chi connectivity index (χ3n) is 3.65. The summed E-state index contributed by atoms with van der Waals surface area (Å²) in [7, 11) is 1.40. The van der Waals surface area contributed by atoms with Crippen LogP contribution >= 0.6 is 0 Å². The van der Waals surface area contributed by atoms with Crippen molar-refractivity contribution in [1.82, 2.24) is 0 Å². The number of phenolic OH excluding ortho intramolecular Hbond substituents is 3. The summed E-state index contributed by atoms with van der Waals surface area (Å²) in [6.07, 6.45) is -0.139. The lowest BCUT2D eigenvalue weighted by Crippen LogP contribution is -2.41. The fourth-order valence-corrected chi connectivity index (χ4v) is 2.57. The van der Waals surface area contributed by atoms with Crippen LogP contribution in [-0.2, 0) is 10.5 Å². The van der Waals surface area contributed by atoms with Crippen molar-refractivity contribution in [2.75, 3.05) is 7.11 Å². The quantitative estimate of drug-likeness (QED) is 0.787.